The molecule has 6 nitrogen and oxygen atoms in total. The molecule has 3 rings (SSSR count). The van der Waals surface area contributed by atoms with Crippen molar-refractivity contribution in [3.8, 4) is 11.6 Å². The average Bonchev–Trinajstić information content (AvgIpc) is 2.70. The zero-order valence-electron chi connectivity index (χ0n) is 16.3. The maximum absolute atomic E-state index is 12.9. The van der Waals surface area contributed by atoms with Gasteiger partial charge in [-0.25, -0.2) is 9.78 Å². The van der Waals surface area contributed by atoms with E-state index in [1.807, 2.05) is 0 Å². The highest BCUT2D eigenvalue weighted by Crippen LogP contribution is 2.36. The number of amides is 3. The van der Waals surface area contributed by atoms with Crippen molar-refractivity contribution in [2.24, 2.45) is 0 Å². The van der Waals surface area contributed by atoms with Crippen molar-refractivity contribution >= 4 is 40.8 Å². The Bertz CT molecular complexity index is 1150. The number of aryl methyl sites for hydroxylation is 1. The van der Waals surface area contributed by atoms with Gasteiger partial charge in [-0.3, -0.25) is 10.1 Å². The number of pyridine rings is 1. The molecule has 166 valence electrons. The topological polar surface area (TPSA) is 80.3 Å². The summed E-state index contributed by atoms with van der Waals surface area (Å²) in [5.41, 5.74) is 0.0438. The van der Waals surface area contributed by atoms with Gasteiger partial charge in [0.25, 0.3) is 5.91 Å². The maximum atomic E-state index is 12.9. The summed E-state index contributed by atoms with van der Waals surface area (Å²) >= 11 is 11.9. The van der Waals surface area contributed by atoms with Crippen molar-refractivity contribution in [2.45, 2.75) is 13.1 Å². The Morgan fingerprint density at radius 2 is 1.78 bits per heavy atom. The van der Waals surface area contributed by atoms with E-state index in [9.17, 15) is 22.8 Å². The highest BCUT2D eigenvalue weighted by Gasteiger charge is 2.31. The standard InChI is InChI=1S/C21H14Cl2F3N3O3/c1-11-3-2-4-15(23)18(11)19(30)29-20(31)28-13-6-8-17(27-10-13)32-16-9-12(21(24,25)26)5-7-14(16)22/h2-10H,1H3,(H2,28,29,30,31). The number of anilines is 1. The molecular formula is C21H14Cl2F3N3O3. The molecule has 0 aliphatic heterocycles. The van der Waals surface area contributed by atoms with E-state index in [1.54, 1.807) is 19.1 Å². The van der Waals surface area contributed by atoms with Gasteiger partial charge in [0.1, 0.15) is 5.75 Å². The van der Waals surface area contributed by atoms with Gasteiger partial charge < -0.3 is 10.1 Å². The Balaban J connectivity index is 1.65. The van der Waals surface area contributed by atoms with E-state index in [4.69, 9.17) is 27.9 Å². The quantitative estimate of drug-likeness (QED) is 0.445. The molecule has 0 saturated heterocycles. The molecule has 0 fully saturated rings. The lowest BCUT2D eigenvalue weighted by Gasteiger charge is -2.12. The van der Waals surface area contributed by atoms with Crippen molar-refractivity contribution < 1.29 is 27.5 Å². The lowest BCUT2D eigenvalue weighted by molar-refractivity contribution is -0.137. The van der Waals surface area contributed by atoms with Gasteiger partial charge >= 0.3 is 12.2 Å². The van der Waals surface area contributed by atoms with E-state index < -0.39 is 23.7 Å². The number of aromatic nitrogens is 1. The molecule has 0 saturated carbocycles. The van der Waals surface area contributed by atoms with Crippen LogP contribution in [0, 0.1) is 6.92 Å². The van der Waals surface area contributed by atoms with E-state index in [1.165, 1.54) is 24.4 Å². The highest BCUT2D eigenvalue weighted by molar-refractivity contribution is 6.34. The largest absolute Gasteiger partial charge is 0.437 e. The number of alkyl halides is 3. The monoisotopic (exact) mass is 483 g/mol. The molecule has 3 amide bonds. The van der Waals surface area contributed by atoms with Crippen LogP contribution in [0.25, 0.3) is 0 Å². The number of benzene rings is 2. The van der Waals surface area contributed by atoms with Crippen LogP contribution in [0.5, 0.6) is 11.6 Å². The zero-order chi connectivity index (χ0) is 23.5. The molecule has 2 aromatic carbocycles. The van der Waals surface area contributed by atoms with Crippen LogP contribution in [0.4, 0.5) is 23.7 Å². The van der Waals surface area contributed by atoms with Gasteiger partial charge in [0, 0.05) is 6.07 Å². The second-order valence-electron chi connectivity index (χ2n) is 6.47. The number of ether oxygens (including phenoxy) is 1. The van der Waals surface area contributed by atoms with Crippen LogP contribution in [-0.4, -0.2) is 16.9 Å². The van der Waals surface area contributed by atoms with Crippen molar-refractivity contribution in [1.82, 2.24) is 10.3 Å². The number of imide groups is 1. The molecule has 0 aliphatic carbocycles. The minimum Gasteiger partial charge on any atom is -0.437 e. The number of hydrogen-bond donors (Lipinski definition) is 2. The van der Waals surface area contributed by atoms with Crippen LogP contribution in [0.2, 0.25) is 10.0 Å². The summed E-state index contributed by atoms with van der Waals surface area (Å²) in [7, 11) is 0. The summed E-state index contributed by atoms with van der Waals surface area (Å²) in [5.74, 6) is -0.967. The Kier molecular flexibility index (Phi) is 6.90. The van der Waals surface area contributed by atoms with Crippen LogP contribution >= 0.6 is 23.2 Å². The van der Waals surface area contributed by atoms with Crippen molar-refractivity contribution in [1.29, 1.82) is 0 Å². The Labute approximate surface area is 190 Å². The number of nitrogens with one attached hydrogen (secondary N) is 2. The Hall–Kier alpha value is -3.30. The summed E-state index contributed by atoms with van der Waals surface area (Å²) in [6.45, 7) is 1.68. The molecule has 0 bridgehead atoms. The van der Waals surface area contributed by atoms with E-state index in [0.29, 0.717) is 5.56 Å². The van der Waals surface area contributed by atoms with E-state index >= 15 is 0 Å². The SMILES string of the molecule is Cc1cccc(Cl)c1C(=O)NC(=O)Nc1ccc(Oc2cc(C(F)(F)F)ccc2Cl)nc1. The number of carbonyl (C=O) groups is 2. The predicted molar refractivity (Wildman–Crippen MR) is 113 cm³/mol. The third-order valence-corrected chi connectivity index (χ3v) is 4.77. The molecule has 32 heavy (non-hydrogen) atoms. The summed E-state index contributed by atoms with van der Waals surface area (Å²) in [6, 6.07) is 9.41. The fraction of sp³-hybridized carbons (Fsp3) is 0.0952. The lowest BCUT2D eigenvalue weighted by Crippen LogP contribution is -2.34. The number of urea groups is 1. The summed E-state index contributed by atoms with van der Waals surface area (Å²) in [6.07, 6.45) is -3.36. The first-order valence-corrected chi connectivity index (χ1v) is 9.68. The number of carbonyl (C=O) groups excluding carboxylic acids is 2. The second kappa shape index (κ2) is 9.46. The van der Waals surface area contributed by atoms with Gasteiger partial charge in [0.15, 0.2) is 0 Å². The smallest absolute Gasteiger partial charge is 0.416 e. The van der Waals surface area contributed by atoms with Crippen LogP contribution in [0.15, 0.2) is 54.7 Å². The van der Waals surface area contributed by atoms with Gasteiger partial charge in [0.2, 0.25) is 5.88 Å². The molecule has 3 aromatic rings. The van der Waals surface area contributed by atoms with Crippen LogP contribution in [0.3, 0.4) is 0 Å². The average molecular weight is 484 g/mol. The lowest BCUT2D eigenvalue weighted by atomic mass is 10.1. The molecule has 11 heteroatoms. The Morgan fingerprint density at radius 1 is 1.03 bits per heavy atom. The molecule has 2 N–H and O–H groups in total. The van der Waals surface area contributed by atoms with Crippen molar-refractivity contribution in [2.75, 3.05) is 5.32 Å². The third kappa shape index (κ3) is 5.68. The van der Waals surface area contributed by atoms with Crippen LogP contribution < -0.4 is 15.4 Å². The second-order valence-corrected chi connectivity index (χ2v) is 7.28. The van der Waals surface area contributed by atoms with Gasteiger partial charge in [-0.05, 0) is 42.8 Å². The first kappa shape index (κ1) is 23.4. The minimum atomic E-state index is -4.56. The number of rotatable bonds is 4. The normalized spacial score (nSPS) is 11.1. The fourth-order valence-electron chi connectivity index (χ4n) is 2.63. The Morgan fingerprint density at radius 3 is 2.41 bits per heavy atom. The van der Waals surface area contributed by atoms with E-state index in [-0.39, 0.29) is 32.9 Å². The first-order chi connectivity index (χ1) is 15.0. The molecule has 0 radical (unpaired) electrons. The first-order valence-electron chi connectivity index (χ1n) is 8.92. The van der Waals surface area contributed by atoms with Gasteiger partial charge in [0.05, 0.1) is 33.1 Å². The zero-order valence-corrected chi connectivity index (χ0v) is 17.8. The summed E-state index contributed by atoms with van der Waals surface area (Å²) < 4.78 is 43.9. The molecule has 0 aliphatic rings. The number of nitrogens with zero attached hydrogens (tertiary/aromatic N) is 1. The number of halogens is 5. The van der Waals surface area contributed by atoms with Crippen molar-refractivity contribution in [3.63, 3.8) is 0 Å². The highest BCUT2D eigenvalue weighted by atomic mass is 35.5. The van der Waals surface area contributed by atoms with Crippen molar-refractivity contribution in [3.05, 3.63) is 81.5 Å². The third-order valence-electron chi connectivity index (χ3n) is 4.14. The summed E-state index contributed by atoms with van der Waals surface area (Å²) in [4.78, 5) is 28.3. The molecule has 1 heterocycles. The maximum Gasteiger partial charge on any atom is 0.416 e. The number of hydrogen-bond acceptors (Lipinski definition) is 4. The summed E-state index contributed by atoms with van der Waals surface area (Å²) in [5, 5.41) is 4.73. The fourth-order valence-corrected chi connectivity index (χ4v) is 3.10. The van der Waals surface area contributed by atoms with Crippen LogP contribution in [-0.2, 0) is 6.18 Å². The molecular weight excluding hydrogens is 470 g/mol. The van der Waals surface area contributed by atoms with E-state index in [0.717, 1.165) is 18.2 Å². The molecule has 0 spiro atoms. The van der Waals surface area contributed by atoms with E-state index in [2.05, 4.69) is 15.6 Å². The van der Waals surface area contributed by atoms with Gasteiger partial charge in [-0.1, -0.05) is 35.3 Å². The minimum absolute atomic E-state index is 0.0326. The van der Waals surface area contributed by atoms with Crippen LogP contribution in [0.1, 0.15) is 21.5 Å². The van der Waals surface area contributed by atoms with Gasteiger partial charge in [-0.2, -0.15) is 13.2 Å². The van der Waals surface area contributed by atoms with Gasteiger partial charge in [-0.15, -0.1) is 0 Å². The molecule has 0 atom stereocenters. The predicted octanol–water partition coefficient (Wildman–Crippen LogP) is 6.47. The molecule has 1 aromatic heterocycles. The molecule has 0 unspecified atom stereocenters.